The molecule has 0 aliphatic carbocycles. The topological polar surface area (TPSA) is 53.1 Å². The summed E-state index contributed by atoms with van der Waals surface area (Å²) in [6.07, 6.45) is 3.25. The van der Waals surface area contributed by atoms with Crippen molar-refractivity contribution in [1.29, 1.82) is 0 Å². The fourth-order valence-corrected chi connectivity index (χ4v) is 5.31. The summed E-state index contributed by atoms with van der Waals surface area (Å²) in [6.45, 7) is 3.32. The molecule has 0 unspecified atom stereocenters. The number of hydrogen-bond donors (Lipinski definition) is 0. The average Bonchev–Trinajstić information content (AvgIpc) is 3.42. The number of thiazole rings is 1. The van der Waals surface area contributed by atoms with Gasteiger partial charge in [0.15, 0.2) is 11.5 Å². The van der Waals surface area contributed by atoms with Crippen LogP contribution in [-0.2, 0) is 6.54 Å². The Labute approximate surface area is 192 Å². The second-order valence-corrected chi connectivity index (χ2v) is 8.95. The van der Waals surface area contributed by atoms with Crippen LogP contribution < -0.4 is 18.9 Å². The molecule has 0 spiro atoms. The fourth-order valence-electron chi connectivity index (χ4n) is 4.47. The van der Waals surface area contributed by atoms with Gasteiger partial charge in [0.25, 0.3) is 0 Å². The largest absolute Gasteiger partial charge is 0.497 e. The predicted octanol–water partition coefficient (Wildman–Crippen LogP) is 5.33. The third-order valence-electron chi connectivity index (χ3n) is 6.08. The zero-order valence-electron chi connectivity index (χ0n) is 18.5. The first-order valence-corrected chi connectivity index (χ1v) is 11.9. The normalized spacial score (nSPS) is 18.4. The van der Waals surface area contributed by atoms with E-state index in [0.29, 0.717) is 19.3 Å². The van der Waals surface area contributed by atoms with Gasteiger partial charge in [0.1, 0.15) is 16.5 Å². The fraction of sp³-hybridized carbons (Fsp3) is 0.400. The molecule has 6 nitrogen and oxygen atoms in total. The highest BCUT2D eigenvalue weighted by Crippen LogP contribution is 2.39. The summed E-state index contributed by atoms with van der Waals surface area (Å²) in [5.41, 5.74) is 3.37. The van der Waals surface area contributed by atoms with Crippen molar-refractivity contribution in [3.05, 3.63) is 53.0 Å². The lowest BCUT2D eigenvalue weighted by Gasteiger charge is -2.24. The molecule has 168 valence electrons. The van der Waals surface area contributed by atoms with E-state index in [1.807, 2.05) is 18.2 Å². The van der Waals surface area contributed by atoms with Crippen molar-refractivity contribution < 1.29 is 18.9 Å². The number of nitrogens with zero attached hydrogens (tertiary/aromatic N) is 2. The van der Waals surface area contributed by atoms with Gasteiger partial charge in [-0.05, 0) is 49.2 Å². The van der Waals surface area contributed by atoms with Gasteiger partial charge in [0.05, 0.1) is 38.7 Å². The Balaban J connectivity index is 1.34. The van der Waals surface area contributed by atoms with Crippen LogP contribution >= 0.6 is 11.3 Å². The summed E-state index contributed by atoms with van der Waals surface area (Å²) in [7, 11) is 3.34. The maximum absolute atomic E-state index is 5.92. The van der Waals surface area contributed by atoms with Crippen molar-refractivity contribution >= 4 is 11.3 Å². The van der Waals surface area contributed by atoms with Gasteiger partial charge in [0.2, 0.25) is 0 Å². The number of hydrogen-bond acceptors (Lipinski definition) is 7. The van der Waals surface area contributed by atoms with Gasteiger partial charge in [-0.2, -0.15) is 0 Å². The molecule has 32 heavy (non-hydrogen) atoms. The van der Waals surface area contributed by atoms with Gasteiger partial charge in [0, 0.05) is 30.5 Å². The monoisotopic (exact) mass is 452 g/mol. The molecule has 3 heterocycles. The maximum Gasteiger partial charge on any atom is 0.161 e. The van der Waals surface area contributed by atoms with Crippen LogP contribution in [0.25, 0.3) is 10.6 Å². The molecule has 1 aromatic heterocycles. The van der Waals surface area contributed by atoms with E-state index >= 15 is 0 Å². The lowest BCUT2D eigenvalue weighted by molar-refractivity contribution is 0.245. The molecule has 0 bridgehead atoms. The van der Waals surface area contributed by atoms with Crippen molar-refractivity contribution in [2.75, 3.05) is 34.0 Å². The number of ether oxygens (including phenoxy) is 4. The Morgan fingerprint density at radius 2 is 1.91 bits per heavy atom. The maximum atomic E-state index is 5.92. The second kappa shape index (κ2) is 9.38. The molecule has 2 aliphatic rings. The molecular weight excluding hydrogens is 424 g/mol. The van der Waals surface area contributed by atoms with E-state index in [9.17, 15) is 0 Å². The van der Waals surface area contributed by atoms with E-state index in [0.717, 1.165) is 65.2 Å². The van der Waals surface area contributed by atoms with Crippen LogP contribution in [0.5, 0.6) is 23.0 Å². The Morgan fingerprint density at radius 3 is 2.75 bits per heavy atom. The standard InChI is InChI=1S/C25H28N2O4S/c1-28-19-7-8-20(23(14-19)29-2)25-26-18(16-32-25)15-27-10-3-5-21(27)17-6-9-22-24(13-17)31-12-4-11-30-22/h6-9,13-14,16,21H,3-5,10-12,15H2,1-2H3/t21-/m1/s1. The number of aromatic nitrogens is 1. The van der Waals surface area contributed by atoms with Crippen LogP contribution in [0.15, 0.2) is 41.8 Å². The zero-order chi connectivity index (χ0) is 21.9. The van der Waals surface area contributed by atoms with E-state index in [2.05, 4.69) is 28.5 Å². The molecule has 0 amide bonds. The Morgan fingerprint density at radius 1 is 1.03 bits per heavy atom. The zero-order valence-corrected chi connectivity index (χ0v) is 19.3. The van der Waals surface area contributed by atoms with Crippen LogP contribution in [0.4, 0.5) is 0 Å². The van der Waals surface area contributed by atoms with Crippen molar-refractivity contribution in [1.82, 2.24) is 9.88 Å². The van der Waals surface area contributed by atoms with Gasteiger partial charge >= 0.3 is 0 Å². The minimum atomic E-state index is 0.368. The van der Waals surface area contributed by atoms with Crippen LogP contribution in [-0.4, -0.2) is 43.9 Å². The smallest absolute Gasteiger partial charge is 0.161 e. The highest BCUT2D eigenvalue weighted by Gasteiger charge is 2.28. The first-order chi connectivity index (χ1) is 15.7. The van der Waals surface area contributed by atoms with Crippen LogP contribution in [0, 0.1) is 0 Å². The lowest BCUT2D eigenvalue weighted by Crippen LogP contribution is -2.23. The summed E-state index contributed by atoms with van der Waals surface area (Å²) in [4.78, 5) is 7.45. The Kier molecular flexibility index (Phi) is 6.19. The first kappa shape index (κ1) is 21.1. The molecule has 2 aliphatic heterocycles. The number of benzene rings is 2. The van der Waals surface area contributed by atoms with Gasteiger partial charge < -0.3 is 18.9 Å². The summed E-state index contributed by atoms with van der Waals surface area (Å²) < 4.78 is 22.6. The minimum absolute atomic E-state index is 0.368. The number of methoxy groups -OCH3 is 2. The molecule has 3 aromatic rings. The first-order valence-electron chi connectivity index (χ1n) is 11.1. The van der Waals surface area contributed by atoms with Crippen molar-refractivity contribution in [2.24, 2.45) is 0 Å². The minimum Gasteiger partial charge on any atom is -0.497 e. The van der Waals surface area contributed by atoms with E-state index < -0.39 is 0 Å². The Hall–Kier alpha value is -2.77. The number of likely N-dealkylation sites (tertiary alicyclic amines) is 1. The molecule has 7 heteroatoms. The number of rotatable bonds is 6. The molecule has 0 N–H and O–H groups in total. The van der Waals surface area contributed by atoms with E-state index in [4.69, 9.17) is 23.9 Å². The molecule has 0 saturated carbocycles. The van der Waals surface area contributed by atoms with Crippen LogP contribution in [0.2, 0.25) is 0 Å². The molecule has 0 radical (unpaired) electrons. The highest BCUT2D eigenvalue weighted by molar-refractivity contribution is 7.13. The third-order valence-corrected chi connectivity index (χ3v) is 7.00. The van der Waals surface area contributed by atoms with Crippen LogP contribution in [0.1, 0.15) is 36.6 Å². The van der Waals surface area contributed by atoms with Crippen molar-refractivity contribution in [2.45, 2.75) is 31.8 Å². The summed E-state index contributed by atoms with van der Waals surface area (Å²) in [6, 6.07) is 12.6. The molecule has 1 atom stereocenters. The predicted molar refractivity (Wildman–Crippen MR) is 125 cm³/mol. The quantitative estimate of drug-likeness (QED) is 0.504. The van der Waals surface area contributed by atoms with E-state index in [1.54, 1.807) is 25.6 Å². The molecule has 5 rings (SSSR count). The van der Waals surface area contributed by atoms with Gasteiger partial charge in [-0.15, -0.1) is 11.3 Å². The van der Waals surface area contributed by atoms with Gasteiger partial charge in [-0.1, -0.05) is 6.07 Å². The molecule has 1 saturated heterocycles. The SMILES string of the molecule is COc1ccc(-c2nc(CN3CCC[C@@H]3c3ccc4c(c3)OCCCO4)cs2)c(OC)c1. The third kappa shape index (κ3) is 4.27. The molecule has 2 aromatic carbocycles. The van der Waals surface area contributed by atoms with Crippen LogP contribution in [0.3, 0.4) is 0 Å². The van der Waals surface area contributed by atoms with Crippen molar-refractivity contribution in [3.8, 4) is 33.6 Å². The summed E-state index contributed by atoms with van der Waals surface area (Å²) in [5, 5.41) is 3.12. The van der Waals surface area contributed by atoms with Gasteiger partial charge in [-0.3, -0.25) is 4.90 Å². The Bertz CT molecular complexity index is 1080. The number of fused-ring (bicyclic) bond motifs is 1. The summed E-state index contributed by atoms with van der Waals surface area (Å²) >= 11 is 1.65. The lowest BCUT2D eigenvalue weighted by atomic mass is 10.0. The summed E-state index contributed by atoms with van der Waals surface area (Å²) in [5.74, 6) is 3.27. The highest BCUT2D eigenvalue weighted by atomic mass is 32.1. The van der Waals surface area contributed by atoms with E-state index in [-0.39, 0.29) is 0 Å². The average molecular weight is 453 g/mol. The molecule has 1 fully saturated rings. The van der Waals surface area contributed by atoms with E-state index in [1.165, 1.54) is 12.0 Å². The van der Waals surface area contributed by atoms with Gasteiger partial charge in [-0.25, -0.2) is 4.98 Å². The van der Waals surface area contributed by atoms with Crippen molar-refractivity contribution in [3.63, 3.8) is 0 Å². The molecular formula is C25H28N2O4S. The second-order valence-electron chi connectivity index (χ2n) is 8.10.